The first-order valence-electron chi connectivity index (χ1n) is 9.87. The predicted octanol–water partition coefficient (Wildman–Crippen LogP) is 3.72. The van der Waals surface area contributed by atoms with Crippen LogP contribution in [0.2, 0.25) is 0 Å². The number of nitrogens with zero attached hydrogens (tertiary/aromatic N) is 1. The number of hydrogen-bond acceptors (Lipinski definition) is 4. The number of fused-ring (bicyclic) bond motifs is 2. The lowest BCUT2D eigenvalue weighted by atomic mass is 9.91. The van der Waals surface area contributed by atoms with Crippen molar-refractivity contribution in [3.63, 3.8) is 0 Å². The Morgan fingerprint density at radius 1 is 1.00 bits per heavy atom. The Kier molecular flexibility index (Phi) is 5.37. The van der Waals surface area contributed by atoms with Crippen molar-refractivity contribution >= 4 is 33.7 Å². The first-order chi connectivity index (χ1) is 13.6. The van der Waals surface area contributed by atoms with E-state index in [1.165, 1.54) is 0 Å². The van der Waals surface area contributed by atoms with Gasteiger partial charge < -0.3 is 0 Å². The van der Waals surface area contributed by atoms with Crippen LogP contribution in [0.5, 0.6) is 0 Å². The molecule has 2 unspecified atom stereocenters. The number of carbonyl (C=O) groups is 1. The van der Waals surface area contributed by atoms with Crippen molar-refractivity contribution in [2.24, 2.45) is 11.0 Å². The van der Waals surface area contributed by atoms with E-state index in [2.05, 4.69) is 65.6 Å². The topological polar surface area (TPSA) is 65.5 Å². The molecule has 2 atom stereocenters. The highest BCUT2D eigenvalue weighted by Crippen LogP contribution is 2.27. The van der Waals surface area contributed by atoms with Crippen LogP contribution in [0.15, 0.2) is 59.7 Å². The normalized spacial score (nSPS) is 22.3. The van der Waals surface area contributed by atoms with E-state index in [0.717, 1.165) is 33.5 Å². The van der Waals surface area contributed by atoms with Crippen LogP contribution in [-0.2, 0) is 4.79 Å². The zero-order valence-electron chi connectivity index (χ0n) is 16.3. The predicted molar refractivity (Wildman–Crippen MR) is 115 cm³/mol. The highest BCUT2D eigenvalue weighted by Gasteiger charge is 2.29. The van der Waals surface area contributed by atoms with E-state index in [0.29, 0.717) is 24.4 Å². The Morgan fingerprint density at radius 2 is 1.57 bits per heavy atom. The summed E-state index contributed by atoms with van der Waals surface area (Å²) in [7, 11) is 0. The third-order valence-electron chi connectivity index (χ3n) is 5.72. The summed E-state index contributed by atoms with van der Waals surface area (Å²) in [5.74, 6) is 0.392. The van der Waals surface area contributed by atoms with Crippen molar-refractivity contribution in [2.45, 2.75) is 38.8 Å². The van der Waals surface area contributed by atoms with Gasteiger partial charge in [0.1, 0.15) is 0 Å². The Bertz CT molecular complexity index is 965. The highest BCUT2D eigenvalue weighted by molar-refractivity contribution is 6.13. The van der Waals surface area contributed by atoms with Gasteiger partial charge >= 0.3 is 0 Å². The quantitative estimate of drug-likeness (QED) is 0.362. The lowest BCUT2D eigenvalue weighted by molar-refractivity contribution is -0.121. The summed E-state index contributed by atoms with van der Waals surface area (Å²) in [6, 6.07) is 19.4. The van der Waals surface area contributed by atoms with E-state index in [4.69, 9.17) is 0 Å². The summed E-state index contributed by atoms with van der Waals surface area (Å²) < 4.78 is 0. The van der Waals surface area contributed by atoms with Crippen LogP contribution in [0, 0.1) is 5.92 Å². The second kappa shape index (κ2) is 8.09. The first-order valence-corrected chi connectivity index (χ1v) is 9.87. The van der Waals surface area contributed by atoms with E-state index >= 15 is 0 Å². The van der Waals surface area contributed by atoms with Gasteiger partial charge in [0.15, 0.2) is 0 Å². The van der Waals surface area contributed by atoms with Crippen molar-refractivity contribution in [2.75, 3.05) is 0 Å². The average molecular weight is 374 g/mol. The fraction of sp³-hybridized carbons (Fsp3) is 0.304. The number of carbonyl (C=O) groups excluding carboxylic acids is 1. The van der Waals surface area contributed by atoms with Gasteiger partial charge in [-0.25, -0.2) is 5.43 Å². The minimum absolute atomic E-state index is 0.0490. The molecule has 1 fully saturated rings. The average Bonchev–Trinajstić information content (AvgIpc) is 3.03. The number of hydrogen-bond donors (Lipinski definition) is 3. The number of nitrogens with one attached hydrogen (secondary N) is 3. The van der Waals surface area contributed by atoms with E-state index in [1.807, 2.05) is 24.3 Å². The van der Waals surface area contributed by atoms with Crippen LogP contribution in [-0.4, -0.2) is 24.2 Å². The van der Waals surface area contributed by atoms with Crippen LogP contribution in [0.3, 0.4) is 0 Å². The van der Waals surface area contributed by atoms with Gasteiger partial charge in [-0.2, -0.15) is 5.10 Å². The lowest BCUT2D eigenvalue weighted by Crippen LogP contribution is -2.30. The maximum Gasteiger partial charge on any atom is 0.240 e. The Labute approximate surface area is 165 Å². The standard InChI is InChI=1S/C23H26N4O/c1-15-19(16(2)26-25-15)11-12-23(28)27-24-14-22-20-9-5-3-7-17(20)13-18-8-4-6-10-21(18)22/h3-10,13-16,19,25-26H,11-12H2,1-2H3,(H,27,28)/b24-14+. The smallest absolute Gasteiger partial charge is 0.240 e. The summed E-state index contributed by atoms with van der Waals surface area (Å²) in [5, 5.41) is 8.86. The zero-order valence-corrected chi connectivity index (χ0v) is 16.3. The SMILES string of the molecule is CC1NNC(C)C1CCC(=O)N/N=C/c1c2ccccc2cc2ccccc12. The molecule has 1 amide bonds. The second-order valence-corrected chi connectivity index (χ2v) is 7.59. The summed E-state index contributed by atoms with van der Waals surface area (Å²) in [6.07, 6.45) is 3.07. The van der Waals surface area contributed by atoms with Gasteiger partial charge in [0.05, 0.1) is 6.21 Å². The van der Waals surface area contributed by atoms with Crippen molar-refractivity contribution in [3.05, 3.63) is 60.2 Å². The van der Waals surface area contributed by atoms with Crippen molar-refractivity contribution in [1.82, 2.24) is 16.3 Å². The monoisotopic (exact) mass is 374 g/mol. The zero-order chi connectivity index (χ0) is 19.5. The summed E-state index contributed by atoms with van der Waals surface area (Å²) in [4.78, 5) is 12.3. The van der Waals surface area contributed by atoms with Crippen LogP contribution in [0.4, 0.5) is 0 Å². The minimum atomic E-state index is -0.0490. The van der Waals surface area contributed by atoms with Gasteiger partial charge in [-0.05, 0) is 53.8 Å². The minimum Gasteiger partial charge on any atom is -0.273 e. The fourth-order valence-electron chi connectivity index (χ4n) is 4.12. The van der Waals surface area contributed by atoms with E-state index in [9.17, 15) is 4.79 Å². The van der Waals surface area contributed by atoms with Crippen molar-refractivity contribution < 1.29 is 4.79 Å². The molecule has 1 aliphatic rings. The van der Waals surface area contributed by atoms with Crippen molar-refractivity contribution in [3.8, 4) is 0 Å². The molecule has 3 aromatic carbocycles. The molecule has 5 nitrogen and oxygen atoms in total. The fourth-order valence-corrected chi connectivity index (χ4v) is 4.12. The van der Waals surface area contributed by atoms with Crippen molar-refractivity contribution in [1.29, 1.82) is 0 Å². The Hall–Kier alpha value is -2.76. The molecule has 1 aliphatic heterocycles. The maximum absolute atomic E-state index is 12.3. The van der Waals surface area contributed by atoms with Gasteiger partial charge in [-0.3, -0.25) is 15.6 Å². The molecule has 0 bridgehead atoms. The maximum atomic E-state index is 12.3. The molecule has 3 aromatic rings. The number of hydrazine groups is 1. The molecule has 3 N–H and O–H groups in total. The molecular weight excluding hydrogens is 348 g/mol. The molecule has 1 saturated heterocycles. The first kappa shape index (κ1) is 18.6. The van der Waals surface area contributed by atoms with Crippen LogP contribution >= 0.6 is 0 Å². The van der Waals surface area contributed by atoms with Gasteiger partial charge in [0, 0.05) is 24.1 Å². The summed E-state index contributed by atoms with van der Waals surface area (Å²) in [6.45, 7) is 4.28. The second-order valence-electron chi connectivity index (χ2n) is 7.59. The molecule has 28 heavy (non-hydrogen) atoms. The van der Waals surface area contributed by atoms with E-state index < -0.39 is 0 Å². The number of hydrazone groups is 1. The molecule has 1 heterocycles. The third-order valence-corrected chi connectivity index (χ3v) is 5.72. The number of amides is 1. The summed E-state index contributed by atoms with van der Waals surface area (Å²) >= 11 is 0. The van der Waals surface area contributed by atoms with Gasteiger partial charge in [0.2, 0.25) is 5.91 Å². The molecule has 144 valence electrons. The molecule has 0 spiro atoms. The van der Waals surface area contributed by atoms with Gasteiger partial charge in [-0.15, -0.1) is 0 Å². The van der Waals surface area contributed by atoms with Gasteiger partial charge in [0.25, 0.3) is 0 Å². The summed E-state index contributed by atoms with van der Waals surface area (Å²) in [5.41, 5.74) is 10.2. The van der Waals surface area contributed by atoms with Crippen LogP contribution in [0.25, 0.3) is 21.5 Å². The largest absolute Gasteiger partial charge is 0.273 e. The Balaban J connectivity index is 1.49. The van der Waals surface area contributed by atoms with E-state index in [1.54, 1.807) is 6.21 Å². The van der Waals surface area contributed by atoms with Crippen LogP contribution in [0.1, 0.15) is 32.3 Å². The van der Waals surface area contributed by atoms with Gasteiger partial charge in [-0.1, -0.05) is 48.5 Å². The molecule has 0 aliphatic carbocycles. The highest BCUT2D eigenvalue weighted by atomic mass is 16.2. The van der Waals surface area contributed by atoms with Crippen LogP contribution < -0.4 is 16.3 Å². The molecule has 0 aromatic heterocycles. The third kappa shape index (κ3) is 3.77. The number of benzene rings is 3. The molecule has 0 radical (unpaired) electrons. The lowest BCUT2D eigenvalue weighted by Gasteiger charge is -2.16. The molecule has 4 rings (SSSR count). The Morgan fingerprint density at radius 3 is 2.18 bits per heavy atom. The van der Waals surface area contributed by atoms with E-state index in [-0.39, 0.29) is 5.91 Å². The molecule has 5 heteroatoms. The number of rotatable bonds is 5. The molecule has 0 saturated carbocycles. The molecular formula is C23H26N4O.